The number of nitrogens with zero attached hydrogens (tertiary/aromatic N) is 1. The van der Waals surface area contributed by atoms with E-state index in [1.165, 1.54) is 0 Å². The minimum Gasteiger partial charge on any atom is -0.150 e. The molecule has 2 nitrogen and oxygen atoms in total. The summed E-state index contributed by atoms with van der Waals surface area (Å²) < 4.78 is 0. The molecule has 1 aromatic carbocycles. The molecular formula is C13H9Cl2NO. The second kappa shape index (κ2) is 5.33. The highest BCUT2D eigenvalue weighted by molar-refractivity contribution is 6.30. The number of halogens is 2. The zero-order valence-corrected chi connectivity index (χ0v) is 10.3. The predicted octanol–water partition coefficient (Wildman–Crippen LogP) is 4.41. The van der Waals surface area contributed by atoms with Gasteiger partial charge < -0.3 is 0 Å². The molecule has 0 aromatic heterocycles. The van der Waals surface area contributed by atoms with Gasteiger partial charge in [-0.1, -0.05) is 41.1 Å². The first-order chi connectivity index (χ1) is 8.20. The lowest BCUT2D eigenvalue weighted by atomic mass is 9.98. The molecule has 0 spiro atoms. The molecule has 86 valence electrons. The largest absolute Gasteiger partial charge is 0.150 e. The lowest BCUT2D eigenvalue weighted by molar-refractivity contribution is 0.861. The van der Waals surface area contributed by atoms with Crippen LogP contribution in [0.2, 0.25) is 5.02 Å². The Morgan fingerprint density at radius 1 is 1.29 bits per heavy atom. The molecule has 1 aromatic rings. The van der Waals surface area contributed by atoms with E-state index < -0.39 is 6.04 Å². The molecule has 0 bridgehead atoms. The van der Waals surface area contributed by atoms with Gasteiger partial charge in [-0.25, -0.2) is 0 Å². The van der Waals surface area contributed by atoms with Crippen molar-refractivity contribution in [1.29, 1.82) is 0 Å². The monoisotopic (exact) mass is 265 g/mol. The van der Waals surface area contributed by atoms with Crippen molar-refractivity contribution in [1.82, 2.24) is 0 Å². The van der Waals surface area contributed by atoms with E-state index in [1.807, 2.05) is 0 Å². The summed E-state index contributed by atoms with van der Waals surface area (Å²) in [4.78, 5) is 10.9. The van der Waals surface area contributed by atoms with Crippen molar-refractivity contribution >= 4 is 23.2 Å². The van der Waals surface area contributed by atoms with Crippen molar-refractivity contribution in [3.05, 3.63) is 69.3 Å². The molecule has 1 aliphatic carbocycles. The van der Waals surface area contributed by atoms with Crippen LogP contribution in [0.25, 0.3) is 0 Å². The Hall–Kier alpha value is -1.34. The van der Waals surface area contributed by atoms with E-state index in [-0.39, 0.29) is 5.38 Å². The quantitative estimate of drug-likeness (QED) is 0.452. The molecule has 0 saturated heterocycles. The smallest absolute Gasteiger partial charge is 0.149 e. The molecule has 0 aliphatic heterocycles. The molecule has 4 heteroatoms. The van der Waals surface area contributed by atoms with Crippen molar-refractivity contribution < 1.29 is 0 Å². The van der Waals surface area contributed by atoms with Gasteiger partial charge in [-0.2, -0.15) is 0 Å². The number of alkyl halides is 1. The Balaban J connectivity index is 2.35. The normalized spacial score (nSPS) is 19.9. The van der Waals surface area contributed by atoms with Crippen LogP contribution in [-0.2, 0) is 0 Å². The molecular weight excluding hydrogens is 257 g/mol. The van der Waals surface area contributed by atoms with Crippen LogP contribution in [0.3, 0.4) is 0 Å². The second-order valence-corrected chi connectivity index (χ2v) is 4.57. The summed E-state index contributed by atoms with van der Waals surface area (Å²) in [5.74, 6) is 0. The molecule has 2 atom stereocenters. The first-order valence-corrected chi connectivity index (χ1v) is 5.89. The van der Waals surface area contributed by atoms with E-state index in [9.17, 15) is 4.91 Å². The third kappa shape index (κ3) is 2.86. The van der Waals surface area contributed by atoms with Gasteiger partial charge in [-0.3, -0.25) is 0 Å². The number of nitroso groups, excluding NO2 is 1. The van der Waals surface area contributed by atoms with E-state index >= 15 is 0 Å². The molecule has 1 aliphatic rings. The van der Waals surface area contributed by atoms with Crippen LogP contribution < -0.4 is 0 Å². The number of benzene rings is 1. The number of hydrogen-bond donors (Lipinski definition) is 0. The molecule has 2 unspecified atom stereocenters. The van der Waals surface area contributed by atoms with Gasteiger partial charge >= 0.3 is 0 Å². The third-order valence-corrected chi connectivity index (χ3v) is 2.98. The highest BCUT2D eigenvalue weighted by atomic mass is 35.5. The van der Waals surface area contributed by atoms with Crippen molar-refractivity contribution in [2.45, 2.75) is 11.4 Å². The van der Waals surface area contributed by atoms with Gasteiger partial charge in [0.05, 0.1) is 5.38 Å². The first-order valence-electron chi connectivity index (χ1n) is 5.07. The maximum absolute atomic E-state index is 10.9. The van der Waals surface area contributed by atoms with Gasteiger partial charge in [-0.05, 0) is 23.8 Å². The zero-order valence-electron chi connectivity index (χ0n) is 8.81. The fourth-order valence-electron chi connectivity index (χ4n) is 1.59. The molecule has 17 heavy (non-hydrogen) atoms. The van der Waals surface area contributed by atoms with Crippen molar-refractivity contribution in [2.75, 3.05) is 0 Å². The highest BCUT2D eigenvalue weighted by Crippen LogP contribution is 2.28. The van der Waals surface area contributed by atoms with Crippen LogP contribution in [0.4, 0.5) is 0 Å². The number of allylic oxidation sites excluding steroid dienone is 1. The molecule has 0 heterocycles. The van der Waals surface area contributed by atoms with E-state index in [4.69, 9.17) is 23.2 Å². The highest BCUT2D eigenvalue weighted by Gasteiger charge is 2.16. The molecule has 0 radical (unpaired) electrons. The van der Waals surface area contributed by atoms with Crippen molar-refractivity contribution in [3.8, 4) is 0 Å². The van der Waals surface area contributed by atoms with Gasteiger partial charge in [-0.15, -0.1) is 22.2 Å². The minimum atomic E-state index is -0.566. The zero-order chi connectivity index (χ0) is 12.3. The topological polar surface area (TPSA) is 29.4 Å². The van der Waals surface area contributed by atoms with Gasteiger partial charge in [0.2, 0.25) is 0 Å². The number of rotatable bonds is 3. The summed E-state index contributed by atoms with van der Waals surface area (Å²) in [6.45, 7) is 0. The minimum absolute atomic E-state index is 0.170. The molecule has 0 amide bonds. The van der Waals surface area contributed by atoms with Crippen LogP contribution in [0.15, 0.2) is 59.0 Å². The second-order valence-electron chi connectivity index (χ2n) is 3.63. The van der Waals surface area contributed by atoms with Crippen molar-refractivity contribution in [3.63, 3.8) is 0 Å². The Morgan fingerprint density at radius 2 is 2.00 bits per heavy atom. The summed E-state index contributed by atoms with van der Waals surface area (Å²) >= 11 is 11.6. The summed E-state index contributed by atoms with van der Waals surface area (Å²) in [5, 5.41) is 3.59. The van der Waals surface area contributed by atoms with Crippen LogP contribution >= 0.6 is 23.2 Å². The lowest BCUT2D eigenvalue weighted by Crippen LogP contribution is -2.00. The fraction of sp³-hybridized carbons (Fsp3) is 0.154. The SMILES string of the molecule is O=NC(C1=C=CC(Cl)C=C1)c1ccc(Cl)cc1. The van der Waals surface area contributed by atoms with E-state index in [1.54, 1.807) is 42.5 Å². The Bertz CT molecular complexity index is 513. The van der Waals surface area contributed by atoms with Crippen molar-refractivity contribution in [2.24, 2.45) is 5.18 Å². The Morgan fingerprint density at radius 3 is 2.53 bits per heavy atom. The van der Waals surface area contributed by atoms with Gasteiger partial charge in [0, 0.05) is 10.6 Å². The van der Waals surface area contributed by atoms with Gasteiger partial charge in [0.25, 0.3) is 0 Å². The van der Waals surface area contributed by atoms with E-state index in [0.717, 1.165) is 5.56 Å². The predicted molar refractivity (Wildman–Crippen MR) is 70.4 cm³/mol. The molecule has 0 fully saturated rings. The lowest BCUT2D eigenvalue weighted by Gasteiger charge is -2.11. The first kappa shape index (κ1) is 12.1. The summed E-state index contributed by atoms with van der Waals surface area (Å²) in [6, 6.07) is 6.46. The molecule has 0 N–H and O–H groups in total. The molecule has 2 rings (SSSR count). The summed E-state index contributed by atoms with van der Waals surface area (Å²) in [5.41, 5.74) is 4.48. The van der Waals surface area contributed by atoms with Crippen LogP contribution in [-0.4, -0.2) is 5.38 Å². The Kier molecular flexibility index (Phi) is 3.80. The van der Waals surface area contributed by atoms with Crippen LogP contribution in [0.5, 0.6) is 0 Å². The summed E-state index contributed by atoms with van der Waals surface area (Å²) in [6.07, 6.45) is 5.27. The van der Waals surface area contributed by atoms with Gasteiger partial charge in [0.15, 0.2) is 0 Å². The van der Waals surface area contributed by atoms with Crippen LogP contribution in [0, 0.1) is 4.91 Å². The van der Waals surface area contributed by atoms with E-state index in [2.05, 4.69) is 10.9 Å². The van der Waals surface area contributed by atoms with Crippen LogP contribution in [0.1, 0.15) is 11.6 Å². The summed E-state index contributed by atoms with van der Waals surface area (Å²) in [7, 11) is 0. The fourth-order valence-corrected chi connectivity index (χ4v) is 1.85. The third-order valence-electron chi connectivity index (χ3n) is 2.45. The van der Waals surface area contributed by atoms with E-state index in [0.29, 0.717) is 10.6 Å². The average Bonchev–Trinajstić information content (AvgIpc) is 2.35. The molecule has 0 saturated carbocycles. The average molecular weight is 266 g/mol. The maximum atomic E-state index is 10.9. The maximum Gasteiger partial charge on any atom is 0.149 e. The Labute approximate surface area is 109 Å². The van der Waals surface area contributed by atoms with Gasteiger partial charge in [0.1, 0.15) is 6.04 Å². The number of hydrogen-bond acceptors (Lipinski definition) is 2. The standard InChI is InChI=1S/C13H9Cl2NO/c14-11-5-1-9(2-6-11)13(16-17)10-3-7-12(15)8-4-10/h1-3,5-8,12-13H.